The van der Waals surface area contributed by atoms with E-state index in [1.54, 1.807) is 0 Å². The van der Waals surface area contributed by atoms with E-state index in [-0.39, 0.29) is 0 Å². The van der Waals surface area contributed by atoms with Gasteiger partial charge in [0.1, 0.15) is 12.4 Å². The lowest BCUT2D eigenvalue weighted by Gasteiger charge is -2.17. The lowest BCUT2D eigenvalue weighted by molar-refractivity contribution is -0.727. The molecule has 1 heterocycles. The molecule has 0 fully saturated rings. The van der Waals surface area contributed by atoms with Crippen molar-refractivity contribution < 1.29 is 4.57 Å². The van der Waals surface area contributed by atoms with E-state index < -0.39 is 0 Å². The molecule has 0 aliphatic rings. The van der Waals surface area contributed by atoms with Gasteiger partial charge in [0.25, 0.3) is 5.82 Å². The highest BCUT2D eigenvalue weighted by molar-refractivity contribution is 4.90. The quantitative estimate of drug-likeness (QED) is 0.0550. The maximum absolute atomic E-state index is 3.76. The van der Waals surface area contributed by atoms with Crippen LogP contribution in [0.1, 0.15) is 270 Å². The molecule has 0 aliphatic carbocycles. The third kappa shape index (κ3) is 25.3. The zero-order valence-electron chi connectivity index (χ0n) is 32.5. The molecular formula is C44H87N2+. The summed E-state index contributed by atoms with van der Waals surface area (Å²) in [6.07, 6.45) is 54.6. The van der Waals surface area contributed by atoms with Gasteiger partial charge in [0.05, 0.1) is 12.0 Å². The van der Waals surface area contributed by atoms with Crippen LogP contribution in [0.15, 0.2) is 12.4 Å². The molecule has 2 unspecified atom stereocenters. The van der Waals surface area contributed by atoms with Crippen LogP contribution in [0.5, 0.6) is 0 Å². The van der Waals surface area contributed by atoms with Crippen LogP contribution in [-0.2, 0) is 0 Å². The number of aromatic amines is 1. The molecule has 1 N–H and O–H groups in total. The summed E-state index contributed by atoms with van der Waals surface area (Å²) in [6, 6.07) is 0.618. The Bertz CT molecular complexity index is 709. The van der Waals surface area contributed by atoms with Gasteiger partial charge in [-0.15, -0.1) is 0 Å². The molecule has 1 rings (SSSR count). The third-order valence-corrected chi connectivity index (χ3v) is 10.9. The molecule has 0 saturated heterocycles. The molecule has 46 heavy (non-hydrogen) atoms. The Morgan fingerprint density at radius 1 is 0.413 bits per heavy atom. The molecule has 1 aromatic heterocycles. The molecule has 2 atom stereocenters. The summed E-state index contributed by atoms with van der Waals surface area (Å²) in [4.78, 5) is 3.76. The fourth-order valence-electron chi connectivity index (χ4n) is 7.66. The van der Waals surface area contributed by atoms with Crippen LogP contribution >= 0.6 is 0 Å². The van der Waals surface area contributed by atoms with Gasteiger partial charge in [0.15, 0.2) is 0 Å². The van der Waals surface area contributed by atoms with Crippen molar-refractivity contribution in [2.45, 2.75) is 264 Å². The van der Waals surface area contributed by atoms with Crippen LogP contribution < -0.4 is 4.57 Å². The van der Waals surface area contributed by atoms with Crippen LogP contribution in [0.3, 0.4) is 0 Å². The lowest BCUT2D eigenvalue weighted by atomic mass is 9.92. The van der Waals surface area contributed by atoms with Gasteiger partial charge in [-0.25, -0.2) is 9.55 Å². The van der Waals surface area contributed by atoms with Crippen molar-refractivity contribution in [3.63, 3.8) is 0 Å². The number of nitrogens with one attached hydrogen (secondary N) is 1. The highest BCUT2D eigenvalue weighted by atomic mass is 15.1. The molecule has 0 radical (unpaired) electrons. The Morgan fingerprint density at radius 2 is 0.696 bits per heavy atom. The number of unbranched alkanes of at least 4 members (excludes halogenated alkanes) is 29. The van der Waals surface area contributed by atoms with Gasteiger partial charge >= 0.3 is 0 Å². The summed E-state index contributed by atoms with van der Waals surface area (Å²) in [5.41, 5.74) is 0. The first-order chi connectivity index (χ1) is 22.7. The summed E-state index contributed by atoms with van der Waals surface area (Å²) in [5, 5.41) is 0. The van der Waals surface area contributed by atoms with Crippen LogP contribution in [0.2, 0.25) is 0 Å². The first-order valence-electron chi connectivity index (χ1n) is 21.8. The number of hydrogen-bond acceptors (Lipinski definition) is 0. The van der Waals surface area contributed by atoms with Crippen LogP contribution in [0.25, 0.3) is 0 Å². The van der Waals surface area contributed by atoms with Gasteiger partial charge in [-0.3, -0.25) is 0 Å². The van der Waals surface area contributed by atoms with E-state index in [4.69, 9.17) is 0 Å². The molecule has 0 aromatic carbocycles. The van der Waals surface area contributed by atoms with Crippen molar-refractivity contribution in [1.29, 1.82) is 0 Å². The van der Waals surface area contributed by atoms with Gasteiger partial charge in [0.2, 0.25) is 0 Å². The Kier molecular flexibility index (Phi) is 32.0. The minimum absolute atomic E-state index is 0.618. The number of hydrogen-bond donors (Lipinski definition) is 1. The predicted octanol–water partition coefficient (Wildman–Crippen LogP) is 15.7. The Hall–Kier alpha value is -0.790. The van der Waals surface area contributed by atoms with E-state index in [0.29, 0.717) is 12.0 Å². The van der Waals surface area contributed by atoms with Crippen LogP contribution in [0, 0.1) is 0 Å². The molecule has 0 bridgehead atoms. The normalized spacial score (nSPS) is 13.0. The molecule has 0 aliphatic heterocycles. The fraction of sp³-hybridized carbons (Fsp3) is 0.932. The van der Waals surface area contributed by atoms with Crippen molar-refractivity contribution >= 4 is 0 Å². The van der Waals surface area contributed by atoms with Gasteiger partial charge in [0, 0.05) is 0 Å². The van der Waals surface area contributed by atoms with E-state index in [0.717, 1.165) is 0 Å². The highest BCUT2D eigenvalue weighted by Gasteiger charge is 2.25. The average Bonchev–Trinajstić information content (AvgIpc) is 3.56. The van der Waals surface area contributed by atoms with Gasteiger partial charge in [-0.2, -0.15) is 0 Å². The Labute approximate surface area is 291 Å². The van der Waals surface area contributed by atoms with Gasteiger partial charge in [-0.1, -0.05) is 220 Å². The minimum Gasteiger partial charge on any atom is -0.247 e. The van der Waals surface area contributed by atoms with Crippen molar-refractivity contribution in [3.05, 3.63) is 18.2 Å². The minimum atomic E-state index is 0.618. The van der Waals surface area contributed by atoms with E-state index >= 15 is 0 Å². The maximum atomic E-state index is 3.76. The molecule has 272 valence electrons. The van der Waals surface area contributed by atoms with Crippen molar-refractivity contribution in [1.82, 2.24) is 4.98 Å². The summed E-state index contributed by atoms with van der Waals surface area (Å²) >= 11 is 0. The lowest BCUT2D eigenvalue weighted by Crippen LogP contribution is -2.41. The topological polar surface area (TPSA) is 19.7 Å². The molecular weight excluding hydrogens is 556 g/mol. The zero-order valence-corrected chi connectivity index (χ0v) is 32.5. The second-order valence-corrected chi connectivity index (χ2v) is 15.4. The third-order valence-electron chi connectivity index (χ3n) is 10.9. The molecule has 0 spiro atoms. The predicted molar refractivity (Wildman–Crippen MR) is 207 cm³/mol. The van der Waals surface area contributed by atoms with E-state index in [1.807, 2.05) is 0 Å². The zero-order chi connectivity index (χ0) is 33.2. The Balaban J connectivity index is 2.32. The first-order valence-corrected chi connectivity index (χ1v) is 21.8. The van der Waals surface area contributed by atoms with E-state index in [9.17, 15) is 0 Å². The molecule has 0 saturated carbocycles. The number of imidazole rings is 1. The largest absolute Gasteiger partial charge is 0.257 e. The van der Waals surface area contributed by atoms with Crippen LogP contribution in [0.4, 0.5) is 0 Å². The van der Waals surface area contributed by atoms with E-state index in [1.165, 1.54) is 231 Å². The molecule has 1 aromatic rings. The fourth-order valence-corrected chi connectivity index (χ4v) is 7.66. The smallest absolute Gasteiger partial charge is 0.247 e. The maximum Gasteiger partial charge on any atom is 0.257 e. The van der Waals surface area contributed by atoms with E-state index in [2.05, 4.69) is 49.6 Å². The number of nitrogens with zero attached hydrogens (tertiary/aromatic N) is 1. The molecule has 2 nitrogen and oxygen atoms in total. The monoisotopic (exact) mass is 644 g/mol. The summed E-state index contributed by atoms with van der Waals surface area (Å²) in [7, 11) is 0. The average molecular weight is 644 g/mol. The Morgan fingerprint density at radius 3 is 1.02 bits per heavy atom. The second-order valence-electron chi connectivity index (χ2n) is 15.4. The number of rotatable bonds is 37. The molecule has 0 amide bonds. The summed E-state index contributed by atoms with van der Waals surface area (Å²) < 4.78 is 2.64. The number of H-pyrrole nitrogens is 1. The molecule has 2 heteroatoms. The summed E-state index contributed by atoms with van der Waals surface area (Å²) in [6.45, 7) is 9.43. The SMILES string of the molecule is CCCCCCCCCCCCCCCCC(CCCCCCCC)c1[nH]cc[n+]1C(C)CCCCCCCCCCCCCC. The summed E-state index contributed by atoms with van der Waals surface area (Å²) in [5.74, 6) is 2.25. The van der Waals surface area contributed by atoms with Crippen molar-refractivity contribution in [2.75, 3.05) is 0 Å². The first kappa shape index (κ1) is 43.2. The van der Waals surface area contributed by atoms with Crippen LogP contribution in [-0.4, -0.2) is 4.98 Å². The van der Waals surface area contributed by atoms with Gasteiger partial charge in [-0.05, 0) is 32.6 Å². The second kappa shape index (κ2) is 34.1. The van der Waals surface area contributed by atoms with Crippen molar-refractivity contribution in [2.24, 2.45) is 0 Å². The number of aromatic nitrogens is 2. The highest BCUT2D eigenvalue weighted by Crippen LogP contribution is 2.27. The van der Waals surface area contributed by atoms with Gasteiger partial charge < -0.3 is 0 Å². The standard InChI is InChI=1S/C44H86N2/c1-5-8-11-14-17-19-21-23-24-26-28-30-33-36-39-43(38-35-32-16-13-10-7-3)44-45-40-41-46(44)42(4)37-34-31-29-27-25-22-20-18-15-12-9-6-2/h40-43H,5-39H2,1-4H3/p+1. The van der Waals surface area contributed by atoms with Crippen molar-refractivity contribution in [3.8, 4) is 0 Å².